The van der Waals surface area contributed by atoms with E-state index < -0.39 is 46.6 Å². The Morgan fingerprint density at radius 1 is 1.00 bits per heavy atom. The number of allylic oxidation sites excluding steroid dienone is 2. The second-order valence-electron chi connectivity index (χ2n) is 7.08. The molecule has 1 heterocycles. The number of nitrogens with zero attached hydrogens (tertiary/aromatic N) is 2. The number of halogens is 6. The lowest BCUT2D eigenvalue weighted by Crippen LogP contribution is -2.67. The second-order valence-corrected chi connectivity index (χ2v) is 7.08. The molecule has 0 N–H and O–H groups in total. The molecule has 1 spiro atoms. The fraction of sp³-hybridized carbons (Fsp3) is 0.444. The molecule has 3 nitrogen and oxygen atoms in total. The van der Waals surface area contributed by atoms with E-state index >= 15 is 0 Å². The van der Waals surface area contributed by atoms with Crippen molar-refractivity contribution in [3.63, 3.8) is 0 Å². The lowest BCUT2D eigenvalue weighted by molar-refractivity contribution is -0.368. The fourth-order valence-corrected chi connectivity index (χ4v) is 5.18. The number of fused-ring (bicyclic) bond motifs is 3. The number of alkyl halides is 6. The SMILES string of the molecule is CC1=NN(c2ccccc2)C(=O)C12C1C=CC(C1)C2(C(F)(F)F)C(F)(F)F. The van der Waals surface area contributed by atoms with Crippen molar-refractivity contribution < 1.29 is 31.1 Å². The van der Waals surface area contributed by atoms with E-state index in [9.17, 15) is 31.1 Å². The third kappa shape index (κ3) is 1.84. The van der Waals surface area contributed by atoms with Crippen molar-refractivity contribution >= 4 is 17.3 Å². The molecule has 1 amide bonds. The summed E-state index contributed by atoms with van der Waals surface area (Å²) in [6, 6.07) is 7.51. The van der Waals surface area contributed by atoms with Crippen molar-refractivity contribution in [3.05, 3.63) is 42.5 Å². The van der Waals surface area contributed by atoms with Gasteiger partial charge in [-0.3, -0.25) is 4.79 Å². The number of hydrogen-bond donors (Lipinski definition) is 0. The van der Waals surface area contributed by atoms with Crippen molar-refractivity contribution in [1.82, 2.24) is 0 Å². The van der Waals surface area contributed by atoms with Crippen LogP contribution in [0.5, 0.6) is 0 Å². The van der Waals surface area contributed by atoms with Crippen LogP contribution in [0.3, 0.4) is 0 Å². The van der Waals surface area contributed by atoms with Crippen LogP contribution in [0.25, 0.3) is 0 Å². The fourth-order valence-electron chi connectivity index (χ4n) is 5.18. The lowest BCUT2D eigenvalue weighted by Gasteiger charge is -2.49. The summed E-state index contributed by atoms with van der Waals surface area (Å²) in [4.78, 5) is 13.2. The van der Waals surface area contributed by atoms with Crippen LogP contribution in [0.2, 0.25) is 0 Å². The van der Waals surface area contributed by atoms with Crippen molar-refractivity contribution in [3.8, 4) is 0 Å². The Bertz CT molecular complexity index is 843. The molecular weight excluding hydrogens is 374 g/mol. The number of hydrazone groups is 1. The summed E-state index contributed by atoms with van der Waals surface area (Å²) in [5.41, 5.74) is -7.34. The summed E-state index contributed by atoms with van der Waals surface area (Å²) >= 11 is 0. The zero-order valence-electron chi connectivity index (χ0n) is 14.0. The minimum absolute atomic E-state index is 0.128. The smallest absolute Gasteiger partial charge is 0.271 e. The molecule has 0 radical (unpaired) electrons. The van der Waals surface area contributed by atoms with Crippen LogP contribution in [0.4, 0.5) is 32.0 Å². The number of para-hydroxylation sites is 1. The van der Waals surface area contributed by atoms with Gasteiger partial charge in [-0.1, -0.05) is 30.4 Å². The Morgan fingerprint density at radius 3 is 2.11 bits per heavy atom. The highest BCUT2D eigenvalue weighted by atomic mass is 19.4. The van der Waals surface area contributed by atoms with E-state index in [2.05, 4.69) is 5.10 Å². The molecule has 1 saturated carbocycles. The van der Waals surface area contributed by atoms with Gasteiger partial charge in [-0.15, -0.1) is 0 Å². The van der Waals surface area contributed by atoms with Gasteiger partial charge in [-0.2, -0.15) is 36.5 Å². The number of hydrogen-bond acceptors (Lipinski definition) is 2. The Hall–Kier alpha value is -2.32. The molecule has 1 fully saturated rings. The van der Waals surface area contributed by atoms with E-state index in [4.69, 9.17) is 0 Å². The first-order chi connectivity index (χ1) is 12.5. The second kappa shape index (κ2) is 5.14. The predicted octanol–water partition coefficient (Wildman–Crippen LogP) is 4.71. The third-order valence-corrected chi connectivity index (χ3v) is 6.06. The van der Waals surface area contributed by atoms with Crippen LogP contribution in [-0.2, 0) is 4.79 Å². The molecule has 1 aliphatic heterocycles. The van der Waals surface area contributed by atoms with E-state index in [0.717, 1.165) is 13.0 Å². The molecule has 1 aromatic rings. The number of amides is 1. The van der Waals surface area contributed by atoms with Gasteiger partial charge in [-0.25, -0.2) is 0 Å². The van der Waals surface area contributed by atoms with Crippen LogP contribution >= 0.6 is 0 Å². The van der Waals surface area contributed by atoms with Crippen molar-refractivity contribution in [2.45, 2.75) is 25.7 Å². The maximum Gasteiger partial charge on any atom is 0.405 e. The standard InChI is InChI=1S/C18H14F6N2O/c1-10-15(14(27)26(25-10)13-5-3-2-4-6-13)11-7-8-12(9-11)16(15,17(19,20)21)18(22,23)24/h2-8,11-12H,9H2,1H3. The molecule has 0 saturated heterocycles. The Kier molecular flexibility index (Phi) is 3.44. The molecule has 144 valence electrons. The first kappa shape index (κ1) is 18.1. The zero-order chi connectivity index (χ0) is 19.8. The van der Waals surface area contributed by atoms with E-state index in [-0.39, 0.29) is 12.1 Å². The molecule has 3 aliphatic rings. The maximum absolute atomic E-state index is 14.2. The van der Waals surface area contributed by atoms with Crippen LogP contribution < -0.4 is 5.01 Å². The summed E-state index contributed by atoms with van der Waals surface area (Å²) < 4.78 is 85.0. The average molecular weight is 388 g/mol. The van der Waals surface area contributed by atoms with E-state index in [0.29, 0.717) is 5.01 Å². The highest BCUT2D eigenvalue weighted by Gasteiger charge is 2.90. The monoisotopic (exact) mass is 388 g/mol. The van der Waals surface area contributed by atoms with Crippen molar-refractivity contribution in [2.24, 2.45) is 27.8 Å². The van der Waals surface area contributed by atoms with Gasteiger partial charge in [0.25, 0.3) is 5.91 Å². The number of rotatable bonds is 1. The van der Waals surface area contributed by atoms with Gasteiger partial charge in [0.15, 0.2) is 5.41 Å². The largest absolute Gasteiger partial charge is 0.405 e. The summed E-state index contributed by atoms with van der Waals surface area (Å²) in [5, 5.41) is 4.56. The summed E-state index contributed by atoms with van der Waals surface area (Å²) in [5.74, 6) is -4.35. The van der Waals surface area contributed by atoms with Gasteiger partial charge in [0.05, 0.1) is 11.4 Å². The maximum atomic E-state index is 14.2. The Labute approximate surface area is 150 Å². The van der Waals surface area contributed by atoms with Crippen molar-refractivity contribution in [1.29, 1.82) is 0 Å². The van der Waals surface area contributed by atoms with Gasteiger partial charge in [0.1, 0.15) is 5.41 Å². The molecular formula is C18H14F6N2O. The molecule has 2 aliphatic carbocycles. The van der Waals surface area contributed by atoms with E-state index in [1.54, 1.807) is 6.07 Å². The van der Waals surface area contributed by atoms with Crippen molar-refractivity contribution in [2.75, 3.05) is 5.01 Å². The summed E-state index contributed by atoms with van der Waals surface area (Å²) in [7, 11) is 0. The minimum atomic E-state index is -5.67. The summed E-state index contributed by atoms with van der Waals surface area (Å²) in [6.07, 6.45) is -9.49. The van der Waals surface area contributed by atoms with Crippen LogP contribution in [-0.4, -0.2) is 24.0 Å². The van der Waals surface area contributed by atoms with Gasteiger partial charge in [0, 0.05) is 5.92 Å². The zero-order valence-corrected chi connectivity index (χ0v) is 14.0. The highest BCUT2D eigenvalue weighted by molar-refractivity contribution is 6.20. The molecule has 3 unspecified atom stereocenters. The van der Waals surface area contributed by atoms with E-state index in [1.807, 2.05) is 0 Å². The topological polar surface area (TPSA) is 32.7 Å². The van der Waals surface area contributed by atoms with Crippen LogP contribution in [0.1, 0.15) is 13.3 Å². The molecule has 4 rings (SSSR count). The minimum Gasteiger partial charge on any atom is -0.271 e. The molecule has 0 aromatic heterocycles. The lowest BCUT2D eigenvalue weighted by atomic mass is 9.54. The number of anilines is 1. The number of benzene rings is 1. The molecule has 27 heavy (non-hydrogen) atoms. The van der Waals surface area contributed by atoms with Crippen LogP contribution in [0.15, 0.2) is 47.6 Å². The normalized spacial score (nSPS) is 31.9. The Balaban J connectivity index is 2.00. The summed E-state index contributed by atoms with van der Waals surface area (Å²) in [6.45, 7) is 1.08. The first-order valence-electron chi connectivity index (χ1n) is 8.26. The van der Waals surface area contributed by atoms with Crippen LogP contribution in [0, 0.1) is 22.7 Å². The molecule has 1 aromatic carbocycles. The molecule has 3 atom stereocenters. The van der Waals surface area contributed by atoms with Gasteiger partial charge < -0.3 is 0 Å². The van der Waals surface area contributed by atoms with Gasteiger partial charge in [0.2, 0.25) is 0 Å². The third-order valence-electron chi connectivity index (χ3n) is 6.06. The highest BCUT2D eigenvalue weighted by Crippen LogP contribution is 2.76. The quantitative estimate of drug-likeness (QED) is 0.507. The predicted molar refractivity (Wildman–Crippen MR) is 84.8 cm³/mol. The number of carbonyl (C=O) groups excluding carboxylic acids is 1. The van der Waals surface area contributed by atoms with Gasteiger partial charge in [-0.05, 0) is 31.4 Å². The average Bonchev–Trinajstić information content (AvgIpc) is 3.22. The first-order valence-corrected chi connectivity index (χ1v) is 8.26. The van der Waals surface area contributed by atoms with Gasteiger partial charge >= 0.3 is 12.4 Å². The van der Waals surface area contributed by atoms with E-state index in [1.165, 1.54) is 30.3 Å². The number of carbonyl (C=O) groups is 1. The molecule has 9 heteroatoms. The molecule has 2 bridgehead atoms. The Morgan fingerprint density at radius 2 is 1.56 bits per heavy atom.